The standard InChI is InChI=1S/C12H9F2NO2/c1-6-5-15-3-2-9(16)7-4-8(13)10(14)12(17-6)11(7)15/h2-4,6H,5H2,1H3. The maximum atomic E-state index is 13.6. The number of pyridine rings is 1. The van der Waals surface area contributed by atoms with Gasteiger partial charge < -0.3 is 9.30 Å². The molecule has 3 rings (SSSR count). The molecule has 0 amide bonds. The lowest BCUT2D eigenvalue weighted by molar-refractivity contribution is 0.178. The number of halogens is 2. The zero-order valence-electron chi connectivity index (χ0n) is 9.04. The van der Waals surface area contributed by atoms with E-state index in [1.165, 1.54) is 6.07 Å². The van der Waals surface area contributed by atoms with E-state index in [0.29, 0.717) is 12.1 Å². The lowest BCUT2D eigenvalue weighted by Crippen LogP contribution is -2.27. The van der Waals surface area contributed by atoms with Gasteiger partial charge in [-0.25, -0.2) is 4.39 Å². The number of benzene rings is 1. The van der Waals surface area contributed by atoms with Crippen molar-refractivity contribution in [1.82, 2.24) is 4.57 Å². The van der Waals surface area contributed by atoms with Gasteiger partial charge in [-0.15, -0.1) is 0 Å². The third-order valence-corrected chi connectivity index (χ3v) is 2.88. The quantitative estimate of drug-likeness (QED) is 0.702. The summed E-state index contributed by atoms with van der Waals surface area (Å²) in [6, 6.07) is 2.27. The van der Waals surface area contributed by atoms with Gasteiger partial charge in [-0.3, -0.25) is 4.79 Å². The molecule has 0 bridgehead atoms. The number of rotatable bonds is 0. The average molecular weight is 237 g/mol. The normalized spacial score (nSPS) is 18.2. The van der Waals surface area contributed by atoms with E-state index in [9.17, 15) is 13.6 Å². The van der Waals surface area contributed by atoms with Crippen LogP contribution in [-0.2, 0) is 6.54 Å². The van der Waals surface area contributed by atoms with Gasteiger partial charge in [-0.05, 0) is 13.0 Å². The van der Waals surface area contributed by atoms with Crippen molar-refractivity contribution in [1.29, 1.82) is 0 Å². The zero-order chi connectivity index (χ0) is 12.2. The average Bonchev–Trinajstić information content (AvgIpc) is 2.29. The molecule has 1 aromatic carbocycles. The maximum absolute atomic E-state index is 13.6. The lowest BCUT2D eigenvalue weighted by Gasteiger charge is -2.26. The first-order valence-electron chi connectivity index (χ1n) is 5.25. The van der Waals surface area contributed by atoms with Crippen molar-refractivity contribution in [2.45, 2.75) is 19.6 Å². The molecule has 88 valence electrons. The molecule has 0 aliphatic carbocycles. The Balaban J connectivity index is 2.53. The molecule has 0 saturated heterocycles. The van der Waals surface area contributed by atoms with Gasteiger partial charge in [-0.1, -0.05) is 0 Å². The van der Waals surface area contributed by atoms with Crippen LogP contribution in [0.3, 0.4) is 0 Å². The Bertz CT molecular complexity index is 678. The molecular weight excluding hydrogens is 228 g/mol. The second kappa shape index (κ2) is 3.29. The van der Waals surface area contributed by atoms with Crippen LogP contribution in [0.5, 0.6) is 5.75 Å². The summed E-state index contributed by atoms with van der Waals surface area (Å²) in [6.07, 6.45) is 1.31. The van der Waals surface area contributed by atoms with Gasteiger partial charge in [0.25, 0.3) is 0 Å². The van der Waals surface area contributed by atoms with Gasteiger partial charge in [0, 0.05) is 12.3 Å². The molecule has 3 nitrogen and oxygen atoms in total. The molecule has 1 atom stereocenters. The molecule has 1 aliphatic heterocycles. The van der Waals surface area contributed by atoms with E-state index in [0.717, 1.165) is 6.07 Å². The Labute approximate surface area is 95.2 Å². The van der Waals surface area contributed by atoms with Crippen molar-refractivity contribution in [3.63, 3.8) is 0 Å². The van der Waals surface area contributed by atoms with Crippen LogP contribution >= 0.6 is 0 Å². The van der Waals surface area contributed by atoms with Crippen molar-refractivity contribution in [3.05, 3.63) is 40.2 Å². The largest absolute Gasteiger partial charge is 0.483 e. The van der Waals surface area contributed by atoms with E-state index >= 15 is 0 Å². The first-order chi connectivity index (χ1) is 8.08. The minimum Gasteiger partial charge on any atom is -0.483 e. The Hall–Kier alpha value is -1.91. The summed E-state index contributed by atoms with van der Waals surface area (Å²) >= 11 is 0. The molecule has 1 aliphatic rings. The van der Waals surface area contributed by atoms with Gasteiger partial charge >= 0.3 is 0 Å². The fraction of sp³-hybridized carbons (Fsp3) is 0.250. The summed E-state index contributed by atoms with van der Waals surface area (Å²) in [4.78, 5) is 11.6. The Morgan fingerprint density at radius 1 is 1.47 bits per heavy atom. The van der Waals surface area contributed by atoms with E-state index in [1.54, 1.807) is 17.7 Å². The van der Waals surface area contributed by atoms with E-state index in [-0.39, 0.29) is 22.7 Å². The zero-order valence-corrected chi connectivity index (χ0v) is 9.04. The third-order valence-electron chi connectivity index (χ3n) is 2.88. The first-order valence-corrected chi connectivity index (χ1v) is 5.25. The van der Waals surface area contributed by atoms with Gasteiger partial charge in [0.2, 0.25) is 5.82 Å². The molecule has 0 saturated carbocycles. The highest BCUT2D eigenvalue weighted by molar-refractivity contribution is 5.85. The molecular formula is C12H9F2NO2. The van der Waals surface area contributed by atoms with Crippen LogP contribution in [0.25, 0.3) is 10.9 Å². The van der Waals surface area contributed by atoms with Crippen LogP contribution in [0.2, 0.25) is 0 Å². The lowest BCUT2D eigenvalue weighted by atomic mass is 10.1. The molecule has 2 aromatic rings. The van der Waals surface area contributed by atoms with E-state index in [4.69, 9.17) is 4.74 Å². The van der Waals surface area contributed by atoms with Gasteiger partial charge in [0.05, 0.1) is 17.4 Å². The van der Waals surface area contributed by atoms with Gasteiger partial charge in [0.15, 0.2) is 17.0 Å². The minimum atomic E-state index is -1.06. The number of ether oxygens (including phenoxy) is 1. The molecule has 0 radical (unpaired) electrons. The Kier molecular flexibility index (Phi) is 1.98. The summed E-state index contributed by atoms with van der Waals surface area (Å²) < 4.78 is 34.0. The van der Waals surface area contributed by atoms with E-state index < -0.39 is 11.6 Å². The second-order valence-electron chi connectivity index (χ2n) is 4.16. The minimum absolute atomic E-state index is 0.147. The number of hydrogen-bond acceptors (Lipinski definition) is 2. The van der Waals surface area contributed by atoms with Gasteiger partial charge in [0.1, 0.15) is 6.10 Å². The van der Waals surface area contributed by atoms with Crippen LogP contribution in [-0.4, -0.2) is 10.7 Å². The monoisotopic (exact) mass is 237 g/mol. The second-order valence-corrected chi connectivity index (χ2v) is 4.16. The predicted molar refractivity (Wildman–Crippen MR) is 58.2 cm³/mol. The van der Waals surface area contributed by atoms with E-state index in [2.05, 4.69) is 0 Å². The summed E-state index contributed by atoms with van der Waals surface area (Å²) in [5, 5.41) is 0.147. The third kappa shape index (κ3) is 1.35. The molecule has 1 aromatic heterocycles. The molecule has 0 spiro atoms. The SMILES string of the molecule is CC1Cn2ccc(=O)c3cc(F)c(F)c(c32)O1. The highest BCUT2D eigenvalue weighted by atomic mass is 19.2. The van der Waals surface area contributed by atoms with Crippen LogP contribution in [0.4, 0.5) is 8.78 Å². The van der Waals surface area contributed by atoms with Crippen molar-refractivity contribution >= 4 is 10.9 Å². The number of hydrogen-bond donors (Lipinski definition) is 0. The van der Waals surface area contributed by atoms with E-state index in [1.807, 2.05) is 0 Å². The van der Waals surface area contributed by atoms with Crippen molar-refractivity contribution < 1.29 is 13.5 Å². The van der Waals surface area contributed by atoms with Crippen LogP contribution < -0.4 is 10.2 Å². The Morgan fingerprint density at radius 2 is 2.24 bits per heavy atom. The summed E-state index contributed by atoms with van der Waals surface area (Å²) in [7, 11) is 0. The predicted octanol–water partition coefficient (Wildman–Crippen LogP) is 2.06. The number of aromatic nitrogens is 1. The molecule has 2 heterocycles. The van der Waals surface area contributed by atoms with Crippen LogP contribution in [0, 0.1) is 11.6 Å². The highest BCUT2D eigenvalue weighted by Crippen LogP contribution is 2.33. The summed E-state index contributed by atoms with van der Waals surface area (Å²) in [5.41, 5.74) is -0.0101. The Morgan fingerprint density at radius 3 is 3.00 bits per heavy atom. The fourth-order valence-electron chi connectivity index (χ4n) is 2.16. The van der Waals surface area contributed by atoms with Crippen LogP contribution in [0.15, 0.2) is 23.1 Å². The summed E-state index contributed by atoms with van der Waals surface area (Å²) in [6.45, 7) is 2.27. The topological polar surface area (TPSA) is 31.2 Å². The van der Waals surface area contributed by atoms with Gasteiger partial charge in [-0.2, -0.15) is 4.39 Å². The van der Waals surface area contributed by atoms with Crippen molar-refractivity contribution in [2.75, 3.05) is 0 Å². The molecule has 5 heteroatoms. The summed E-state index contributed by atoms with van der Waals surface area (Å²) in [5.74, 6) is -2.27. The molecule has 0 N–H and O–H groups in total. The molecule has 17 heavy (non-hydrogen) atoms. The van der Waals surface area contributed by atoms with Crippen molar-refractivity contribution in [3.8, 4) is 5.75 Å². The fourth-order valence-corrected chi connectivity index (χ4v) is 2.16. The molecule has 0 fully saturated rings. The maximum Gasteiger partial charge on any atom is 0.202 e. The molecule has 1 unspecified atom stereocenters. The van der Waals surface area contributed by atoms with Crippen LogP contribution in [0.1, 0.15) is 6.92 Å². The van der Waals surface area contributed by atoms with Crippen molar-refractivity contribution in [2.24, 2.45) is 0 Å². The number of nitrogens with zero attached hydrogens (tertiary/aromatic N) is 1. The highest BCUT2D eigenvalue weighted by Gasteiger charge is 2.24. The smallest absolute Gasteiger partial charge is 0.202 e. The first kappa shape index (κ1) is 10.3.